The summed E-state index contributed by atoms with van der Waals surface area (Å²) in [6.45, 7) is 2.61. The molecule has 3 atom stereocenters. The molecular formula is C46H78NO10P. The first-order valence-electron chi connectivity index (χ1n) is 22.0. The van der Waals surface area contributed by atoms with Gasteiger partial charge in [-0.15, -0.1) is 0 Å². The molecule has 0 spiro atoms. The van der Waals surface area contributed by atoms with Crippen molar-refractivity contribution in [3.8, 4) is 0 Å². The Balaban J connectivity index is 4.47. The molecule has 4 N–H and O–H groups in total. The number of phosphoric ester groups is 1. The van der Waals surface area contributed by atoms with Crippen molar-refractivity contribution in [1.29, 1.82) is 0 Å². The summed E-state index contributed by atoms with van der Waals surface area (Å²) in [5.41, 5.74) is 5.33. The molecule has 0 saturated carbocycles. The van der Waals surface area contributed by atoms with E-state index >= 15 is 0 Å². The van der Waals surface area contributed by atoms with Gasteiger partial charge in [-0.05, 0) is 77.0 Å². The summed E-state index contributed by atoms with van der Waals surface area (Å²) < 4.78 is 32.6. The monoisotopic (exact) mass is 836 g/mol. The van der Waals surface area contributed by atoms with Crippen LogP contribution in [0, 0.1) is 0 Å². The van der Waals surface area contributed by atoms with Crippen molar-refractivity contribution in [3.63, 3.8) is 0 Å². The van der Waals surface area contributed by atoms with E-state index in [1.807, 2.05) is 12.2 Å². The first-order chi connectivity index (χ1) is 28.1. The zero-order valence-electron chi connectivity index (χ0n) is 35.9. The zero-order valence-corrected chi connectivity index (χ0v) is 36.8. The molecule has 0 aliphatic carbocycles. The molecule has 3 unspecified atom stereocenters. The van der Waals surface area contributed by atoms with Crippen molar-refractivity contribution >= 4 is 25.7 Å². The third-order valence-corrected chi connectivity index (χ3v) is 9.89. The van der Waals surface area contributed by atoms with Crippen LogP contribution in [0.4, 0.5) is 0 Å². The number of hydrogen-bond donors (Lipinski definition) is 3. The summed E-state index contributed by atoms with van der Waals surface area (Å²) in [5.74, 6) is -2.47. The van der Waals surface area contributed by atoms with Gasteiger partial charge in [0.25, 0.3) is 0 Å². The van der Waals surface area contributed by atoms with Crippen molar-refractivity contribution in [2.75, 3.05) is 19.8 Å². The molecule has 0 bridgehead atoms. The Morgan fingerprint density at radius 3 is 1.52 bits per heavy atom. The van der Waals surface area contributed by atoms with Gasteiger partial charge in [-0.25, -0.2) is 4.57 Å². The maximum atomic E-state index is 12.6. The van der Waals surface area contributed by atoms with E-state index in [9.17, 15) is 23.8 Å². The quantitative estimate of drug-likeness (QED) is 0.0232. The Morgan fingerprint density at radius 1 is 0.552 bits per heavy atom. The van der Waals surface area contributed by atoms with Crippen molar-refractivity contribution in [1.82, 2.24) is 0 Å². The molecule has 0 saturated heterocycles. The molecule has 0 aromatic carbocycles. The van der Waals surface area contributed by atoms with Gasteiger partial charge in [0.05, 0.1) is 13.2 Å². The lowest BCUT2D eigenvalue weighted by Gasteiger charge is -2.20. The molecule has 11 nitrogen and oxygen atoms in total. The molecule has 0 aliphatic heterocycles. The van der Waals surface area contributed by atoms with Crippen LogP contribution in [0.25, 0.3) is 0 Å². The molecule has 0 aromatic rings. The second kappa shape index (κ2) is 40.7. The molecule has 0 aliphatic rings. The Morgan fingerprint density at radius 2 is 0.983 bits per heavy atom. The number of carbonyl (C=O) groups excluding carboxylic acids is 2. The highest BCUT2D eigenvalue weighted by molar-refractivity contribution is 7.47. The summed E-state index contributed by atoms with van der Waals surface area (Å²) in [7, 11) is -4.74. The number of carboxylic acid groups (broad SMARTS) is 1. The number of phosphoric acid groups is 1. The van der Waals surface area contributed by atoms with Gasteiger partial charge < -0.3 is 25.2 Å². The average molecular weight is 836 g/mol. The van der Waals surface area contributed by atoms with Gasteiger partial charge in [0, 0.05) is 12.8 Å². The van der Waals surface area contributed by atoms with Crippen LogP contribution in [0.2, 0.25) is 0 Å². The molecule has 58 heavy (non-hydrogen) atoms. The second-order valence-corrected chi connectivity index (χ2v) is 15.9. The second-order valence-electron chi connectivity index (χ2n) is 14.4. The Kier molecular flexibility index (Phi) is 38.5. The maximum Gasteiger partial charge on any atom is 0.472 e. The lowest BCUT2D eigenvalue weighted by atomic mass is 10.1. The van der Waals surface area contributed by atoms with E-state index in [1.54, 1.807) is 0 Å². The molecular weight excluding hydrogens is 757 g/mol. The predicted octanol–water partition coefficient (Wildman–Crippen LogP) is 11.7. The summed E-state index contributed by atoms with van der Waals surface area (Å²) in [4.78, 5) is 45.9. The van der Waals surface area contributed by atoms with Crippen LogP contribution in [0.3, 0.4) is 0 Å². The van der Waals surface area contributed by atoms with Gasteiger partial charge in [0.2, 0.25) is 0 Å². The first-order valence-corrected chi connectivity index (χ1v) is 23.5. The molecule has 0 fully saturated rings. The fourth-order valence-electron chi connectivity index (χ4n) is 5.51. The minimum Gasteiger partial charge on any atom is -0.480 e. The van der Waals surface area contributed by atoms with Crippen LogP contribution in [-0.2, 0) is 37.5 Å². The predicted molar refractivity (Wildman–Crippen MR) is 235 cm³/mol. The van der Waals surface area contributed by atoms with Gasteiger partial charge in [-0.1, -0.05) is 151 Å². The number of allylic oxidation sites excluding steroid dienone is 12. The number of unbranched alkanes of at least 4 members (excludes halogenated alkanes) is 14. The minimum atomic E-state index is -4.74. The number of carboxylic acids is 1. The van der Waals surface area contributed by atoms with Crippen LogP contribution in [-0.4, -0.2) is 59.9 Å². The first kappa shape index (κ1) is 54.9. The van der Waals surface area contributed by atoms with E-state index in [0.29, 0.717) is 19.3 Å². The largest absolute Gasteiger partial charge is 0.480 e. The standard InChI is InChI=1S/C46H78NO10P/c1-3-5-7-9-11-13-15-17-19-21-23-25-27-29-31-33-35-37-44(48)54-39-42(40-55-58(52,53)56-41-43(47)46(50)51)57-45(49)38-36-34-32-30-28-26-24-22-20-18-16-14-12-10-8-6-4-2/h6,8,12,14,17-20,24,26,30,32,42-43H,3-5,7,9-11,13,15-16,21-23,25,27-29,31,33-41,47H2,1-2H3,(H,50,51)(H,52,53)/b8-6-,14-12-,19-17-,20-18-,26-24-,32-30-. The highest BCUT2D eigenvalue weighted by Crippen LogP contribution is 2.43. The Labute approximate surface area is 350 Å². The lowest BCUT2D eigenvalue weighted by Crippen LogP contribution is -2.34. The number of hydrogen-bond acceptors (Lipinski definition) is 9. The van der Waals surface area contributed by atoms with E-state index in [4.69, 9.17) is 24.8 Å². The third kappa shape index (κ3) is 39.7. The maximum absolute atomic E-state index is 12.6. The summed E-state index contributed by atoms with van der Waals surface area (Å²) in [6.07, 6.45) is 48.3. The van der Waals surface area contributed by atoms with Gasteiger partial charge >= 0.3 is 25.7 Å². The smallest absolute Gasteiger partial charge is 0.472 e. The van der Waals surface area contributed by atoms with E-state index in [1.165, 1.54) is 64.2 Å². The summed E-state index contributed by atoms with van der Waals surface area (Å²) in [5, 5.41) is 8.89. The Hall–Kier alpha value is -3.08. The van der Waals surface area contributed by atoms with Crippen molar-refractivity contribution in [3.05, 3.63) is 72.9 Å². The number of ether oxygens (including phenoxy) is 2. The van der Waals surface area contributed by atoms with E-state index in [2.05, 4.69) is 79.1 Å². The zero-order chi connectivity index (χ0) is 42.8. The molecule has 0 rings (SSSR count). The Bertz CT molecular complexity index is 1260. The highest BCUT2D eigenvalue weighted by Gasteiger charge is 2.28. The van der Waals surface area contributed by atoms with Crippen molar-refractivity contribution in [2.24, 2.45) is 5.73 Å². The van der Waals surface area contributed by atoms with Gasteiger partial charge in [0.15, 0.2) is 6.10 Å². The van der Waals surface area contributed by atoms with E-state index < -0.39 is 51.1 Å². The lowest BCUT2D eigenvalue weighted by molar-refractivity contribution is -0.161. The number of rotatable bonds is 40. The molecule has 0 aromatic heterocycles. The summed E-state index contributed by atoms with van der Waals surface area (Å²) >= 11 is 0. The molecule has 0 amide bonds. The topological polar surface area (TPSA) is 172 Å². The van der Waals surface area contributed by atoms with Crippen LogP contribution >= 0.6 is 7.82 Å². The number of esters is 2. The van der Waals surface area contributed by atoms with Crippen LogP contribution < -0.4 is 5.73 Å². The van der Waals surface area contributed by atoms with Gasteiger partial charge in [-0.2, -0.15) is 0 Å². The molecule has 12 heteroatoms. The normalized spacial score (nSPS) is 14.4. The van der Waals surface area contributed by atoms with Gasteiger partial charge in [-0.3, -0.25) is 23.4 Å². The van der Waals surface area contributed by atoms with Crippen LogP contribution in [0.5, 0.6) is 0 Å². The molecule has 0 radical (unpaired) electrons. The SMILES string of the molecule is CC/C=C\C/C=C\C/C=C\C/C=C\C/C=C\CCCC(=O)OC(COC(=O)CCCCCCCCC/C=C\CCCCCCCC)COP(=O)(O)OCC(N)C(=O)O. The number of aliphatic carboxylic acids is 1. The van der Waals surface area contributed by atoms with Crippen LogP contribution in [0.15, 0.2) is 72.9 Å². The minimum absolute atomic E-state index is 0.0788. The number of carbonyl (C=O) groups is 3. The summed E-state index contributed by atoms with van der Waals surface area (Å²) in [6, 6.07) is -1.53. The van der Waals surface area contributed by atoms with Crippen LogP contribution in [0.1, 0.15) is 168 Å². The fourth-order valence-corrected chi connectivity index (χ4v) is 6.28. The van der Waals surface area contributed by atoms with Gasteiger partial charge in [0.1, 0.15) is 12.6 Å². The average Bonchev–Trinajstić information content (AvgIpc) is 3.20. The molecule has 332 valence electrons. The fraction of sp³-hybridized carbons (Fsp3) is 0.674. The van der Waals surface area contributed by atoms with E-state index in [-0.39, 0.29) is 19.4 Å². The van der Waals surface area contributed by atoms with E-state index in [0.717, 1.165) is 57.8 Å². The number of nitrogens with two attached hydrogens (primary N) is 1. The van der Waals surface area contributed by atoms with Crippen molar-refractivity contribution in [2.45, 2.75) is 180 Å². The third-order valence-electron chi connectivity index (χ3n) is 8.94. The molecule has 0 heterocycles. The highest BCUT2D eigenvalue weighted by atomic mass is 31.2. The van der Waals surface area contributed by atoms with Crippen molar-refractivity contribution < 1.29 is 47.5 Å².